The average Bonchev–Trinajstić information content (AvgIpc) is 3.66. The summed E-state index contributed by atoms with van der Waals surface area (Å²) in [4.78, 5) is 23.6. The first-order chi connectivity index (χ1) is 21.1. The number of anilines is 1. The number of hydrogen-bond acceptors (Lipinski definition) is 5. The summed E-state index contributed by atoms with van der Waals surface area (Å²) in [6, 6.07) is 21.2. The number of hydrogen-bond donors (Lipinski definition) is 1. The van der Waals surface area contributed by atoms with Crippen molar-refractivity contribution in [2.75, 3.05) is 23.7 Å². The molecule has 12 heteroatoms. The zero-order valence-electron chi connectivity index (χ0n) is 24.6. The van der Waals surface area contributed by atoms with Gasteiger partial charge >= 0.3 is 12.4 Å². The number of aliphatic imine (C=N–C) groups is 1. The fourth-order valence-corrected chi connectivity index (χ4v) is 5.86. The monoisotopic (exact) mass is 622 g/mol. The van der Waals surface area contributed by atoms with E-state index in [2.05, 4.69) is 62.9 Å². The molecule has 4 aromatic rings. The van der Waals surface area contributed by atoms with Gasteiger partial charge in [0, 0.05) is 30.1 Å². The first-order valence-electron chi connectivity index (χ1n) is 14.3. The molecular formula is C32H33F3N6O2S. The Bertz CT molecular complexity index is 1600. The predicted molar refractivity (Wildman–Crippen MR) is 168 cm³/mol. The molecule has 1 saturated heterocycles. The Balaban J connectivity index is 1.14. The van der Waals surface area contributed by atoms with Crippen LogP contribution in [0.25, 0.3) is 17.1 Å². The Morgan fingerprint density at radius 3 is 2.48 bits per heavy atom. The maximum Gasteiger partial charge on any atom is 0.573 e. The van der Waals surface area contributed by atoms with E-state index in [1.165, 1.54) is 40.8 Å². The van der Waals surface area contributed by atoms with E-state index in [0.29, 0.717) is 24.0 Å². The van der Waals surface area contributed by atoms with Crippen LogP contribution >= 0.6 is 11.8 Å². The number of carbonyl (C=O) groups excluding carboxylic acids is 1. The minimum Gasteiger partial charge on any atom is -0.406 e. The second kappa shape index (κ2) is 13.5. The number of nitrogens with zero attached hydrogens (tertiary/aromatic N) is 5. The van der Waals surface area contributed by atoms with Crippen LogP contribution in [0, 0.1) is 5.92 Å². The molecule has 2 amide bonds. The fourth-order valence-electron chi connectivity index (χ4n) is 4.91. The second-order valence-corrected chi connectivity index (χ2v) is 11.9. The Labute approximate surface area is 258 Å². The largest absolute Gasteiger partial charge is 0.573 e. The molecule has 0 spiro atoms. The van der Waals surface area contributed by atoms with E-state index in [1.54, 1.807) is 11.8 Å². The van der Waals surface area contributed by atoms with Crippen LogP contribution in [0.4, 0.5) is 23.7 Å². The topological polar surface area (TPSA) is 84.6 Å². The number of aromatic nitrogens is 3. The maximum absolute atomic E-state index is 12.7. The van der Waals surface area contributed by atoms with Gasteiger partial charge in [-0.3, -0.25) is 0 Å². The minimum absolute atomic E-state index is 0.181. The Morgan fingerprint density at radius 1 is 1.05 bits per heavy atom. The molecule has 3 aromatic carbocycles. The first-order valence-corrected chi connectivity index (χ1v) is 15.3. The first kappa shape index (κ1) is 31.1. The molecule has 0 saturated carbocycles. The van der Waals surface area contributed by atoms with Crippen LogP contribution in [-0.2, 0) is 6.42 Å². The van der Waals surface area contributed by atoms with Crippen molar-refractivity contribution >= 4 is 28.6 Å². The number of para-hydroxylation sites is 1. The molecule has 1 N–H and O–H groups in total. The van der Waals surface area contributed by atoms with Crippen LogP contribution in [0.3, 0.4) is 0 Å². The number of ether oxygens (including phenoxy) is 1. The maximum atomic E-state index is 12.7. The van der Waals surface area contributed by atoms with Gasteiger partial charge in [0.15, 0.2) is 11.0 Å². The van der Waals surface area contributed by atoms with Crippen LogP contribution in [-0.4, -0.2) is 51.2 Å². The van der Waals surface area contributed by atoms with Crippen LogP contribution in [0.2, 0.25) is 0 Å². The summed E-state index contributed by atoms with van der Waals surface area (Å²) in [5.41, 5.74) is 4.80. The summed E-state index contributed by atoms with van der Waals surface area (Å²) in [6.07, 6.45) is -2.48. The van der Waals surface area contributed by atoms with Crippen LogP contribution in [0.15, 0.2) is 84.1 Å². The molecule has 2 heterocycles. The lowest BCUT2D eigenvalue weighted by atomic mass is 10.00. The molecule has 230 valence electrons. The van der Waals surface area contributed by atoms with E-state index in [1.807, 2.05) is 36.4 Å². The van der Waals surface area contributed by atoms with Crippen LogP contribution in [0.1, 0.15) is 37.8 Å². The molecule has 0 radical (unpaired) electrons. The van der Waals surface area contributed by atoms with Gasteiger partial charge in [0.05, 0.1) is 5.69 Å². The second-order valence-electron chi connectivity index (χ2n) is 10.9. The van der Waals surface area contributed by atoms with Crippen molar-refractivity contribution in [2.45, 2.75) is 39.5 Å². The third kappa shape index (κ3) is 7.98. The summed E-state index contributed by atoms with van der Waals surface area (Å²) in [6.45, 7) is 7.71. The Hall–Kier alpha value is -4.32. The number of urea groups is 1. The van der Waals surface area contributed by atoms with E-state index >= 15 is 0 Å². The van der Waals surface area contributed by atoms with Crippen molar-refractivity contribution in [1.82, 2.24) is 20.1 Å². The lowest BCUT2D eigenvalue weighted by Gasteiger charge is -2.23. The molecule has 0 aliphatic carbocycles. The SMILES string of the molecule is CC(CNC(=O)N=C1SCCN1c1ccccc1C(C)C)Cc1ccc(-c2ncn(-c3ccc(OC(F)(F)F)cc3)n2)cc1. The summed E-state index contributed by atoms with van der Waals surface area (Å²) in [7, 11) is 0. The zero-order chi connectivity index (χ0) is 31.3. The normalized spacial score (nSPS) is 15.2. The summed E-state index contributed by atoms with van der Waals surface area (Å²) in [5.74, 6) is 1.62. The summed E-state index contributed by atoms with van der Waals surface area (Å²) in [5, 5.41) is 8.13. The molecular weight excluding hydrogens is 589 g/mol. The number of amides is 2. The molecule has 1 aliphatic rings. The van der Waals surface area contributed by atoms with E-state index in [9.17, 15) is 18.0 Å². The van der Waals surface area contributed by atoms with Gasteiger partial charge < -0.3 is 15.0 Å². The van der Waals surface area contributed by atoms with Crippen molar-refractivity contribution in [2.24, 2.45) is 10.9 Å². The highest BCUT2D eigenvalue weighted by molar-refractivity contribution is 8.14. The number of carbonyl (C=O) groups is 1. The van der Waals surface area contributed by atoms with E-state index in [4.69, 9.17) is 0 Å². The third-order valence-corrected chi connectivity index (χ3v) is 8.01. The lowest BCUT2D eigenvalue weighted by molar-refractivity contribution is -0.274. The Morgan fingerprint density at radius 2 is 1.77 bits per heavy atom. The standard InChI is InChI=1S/C32H33F3N6O2S/c1-21(2)27-6-4-5-7-28(27)40-16-17-44-31(40)38-30(42)36-19-22(3)18-23-8-10-24(11-9-23)29-37-20-41(39-29)25-12-14-26(15-13-25)43-32(33,34)35/h4-15,20-22H,16-19H2,1-3H3,(H,36,42). The van der Waals surface area contributed by atoms with Crippen molar-refractivity contribution in [3.05, 3.63) is 90.3 Å². The van der Waals surface area contributed by atoms with Crippen molar-refractivity contribution < 1.29 is 22.7 Å². The van der Waals surface area contributed by atoms with Gasteiger partial charge in [-0.25, -0.2) is 14.5 Å². The quantitative estimate of drug-likeness (QED) is 0.209. The number of benzene rings is 3. The molecule has 1 aromatic heterocycles. The average molecular weight is 623 g/mol. The predicted octanol–water partition coefficient (Wildman–Crippen LogP) is 7.45. The number of amidine groups is 1. The highest BCUT2D eigenvalue weighted by atomic mass is 32.2. The molecule has 1 unspecified atom stereocenters. The number of halogens is 3. The van der Waals surface area contributed by atoms with Crippen molar-refractivity contribution in [3.63, 3.8) is 0 Å². The molecule has 1 aliphatic heterocycles. The smallest absolute Gasteiger partial charge is 0.406 e. The van der Waals surface area contributed by atoms with Crippen molar-refractivity contribution in [3.8, 4) is 22.8 Å². The van der Waals surface area contributed by atoms with Gasteiger partial charge in [-0.05, 0) is 59.7 Å². The van der Waals surface area contributed by atoms with Crippen LogP contribution < -0.4 is 15.0 Å². The molecule has 8 nitrogen and oxygen atoms in total. The molecule has 44 heavy (non-hydrogen) atoms. The molecule has 5 rings (SSSR count). The molecule has 1 fully saturated rings. The van der Waals surface area contributed by atoms with Gasteiger partial charge in [0.25, 0.3) is 0 Å². The van der Waals surface area contributed by atoms with E-state index < -0.39 is 6.36 Å². The number of nitrogens with one attached hydrogen (secondary N) is 1. The van der Waals surface area contributed by atoms with Gasteiger partial charge in [0.1, 0.15) is 12.1 Å². The van der Waals surface area contributed by atoms with Gasteiger partial charge in [-0.15, -0.1) is 18.3 Å². The van der Waals surface area contributed by atoms with Crippen LogP contribution in [0.5, 0.6) is 5.75 Å². The van der Waals surface area contributed by atoms with E-state index in [0.717, 1.165) is 40.7 Å². The lowest BCUT2D eigenvalue weighted by Crippen LogP contribution is -2.30. The minimum atomic E-state index is -4.74. The summed E-state index contributed by atoms with van der Waals surface area (Å²) >= 11 is 1.59. The van der Waals surface area contributed by atoms with Gasteiger partial charge in [-0.1, -0.05) is 75.0 Å². The number of thioether (sulfide) groups is 1. The third-order valence-electron chi connectivity index (χ3n) is 7.05. The molecule has 0 bridgehead atoms. The number of alkyl halides is 3. The van der Waals surface area contributed by atoms with Crippen molar-refractivity contribution in [1.29, 1.82) is 0 Å². The number of rotatable bonds is 9. The van der Waals surface area contributed by atoms with Gasteiger partial charge in [-0.2, -0.15) is 4.99 Å². The highest BCUT2D eigenvalue weighted by Crippen LogP contribution is 2.32. The zero-order valence-corrected chi connectivity index (χ0v) is 25.4. The van der Waals surface area contributed by atoms with Gasteiger partial charge in [0.2, 0.25) is 0 Å². The van der Waals surface area contributed by atoms with E-state index in [-0.39, 0.29) is 17.7 Å². The fraction of sp³-hybridized carbons (Fsp3) is 0.312. The highest BCUT2D eigenvalue weighted by Gasteiger charge is 2.31. The Kier molecular flexibility index (Phi) is 9.58. The molecule has 1 atom stereocenters. The summed E-state index contributed by atoms with van der Waals surface area (Å²) < 4.78 is 42.6.